The van der Waals surface area contributed by atoms with Crippen LogP contribution >= 0.6 is 0 Å². The molecule has 0 aliphatic carbocycles. The van der Waals surface area contributed by atoms with Gasteiger partial charge in [0.15, 0.2) is 0 Å². The number of imide groups is 1. The number of hydrogen-bond donors (Lipinski definition) is 2. The van der Waals surface area contributed by atoms with Crippen molar-refractivity contribution in [3.8, 4) is 5.75 Å². The Morgan fingerprint density at radius 3 is 2.43 bits per heavy atom. The molecule has 0 bridgehead atoms. The number of nitrogens with one attached hydrogen (secondary N) is 2. The smallest absolute Gasteiger partial charge is 0.325 e. The molecule has 2 atom stereocenters. The molecule has 4 amide bonds. The Morgan fingerprint density at radius 1 is 1.06 bits per heavy atom. The summed E-state index contributed by atoms with van der Waals surface area (Å²) in [6, 6.07) is 15.8. The summed E-state index contributed by atoms with van der Waals surface area (Å²) in [5.74, 6) is -1.20. The van der Waals surface area contributed by atoms with E-state index in [0.717, 1.165) is 16.0 Å². The van der Waals surface area contributed by atoms with Crippen LogP contribution in [0.1, 0.15) is 28.3 Å². The largest absolute Gasteiger partial charge is 0.497 e. The first-order valence-electron chi connectivity index (χ1n) is 11.2. The Kier molecular flexibility index (Phi) is 6.82. The Labute approximate surface area is 202 Å². The van der Waals surface area contributed by atoms with Crippen molar-refractivity contribution >= 4 is 23.5 Å². The lowest BCUT2D eigenvalue weighted by atomic mass is 10.0. The number of halogens is 1. The molecule has 0 aromatic heterocycles. The minimum absolute atomic E-state index is 0.0198. The van der Waals surface area contributed by atoms with Crippen LogP contribution in [0, 0.1) is 19.7 Å². The molecule has 3 aromatic rings. The maximum Gasteiger partial charge on any atom is 0.325 e. The van der Waals surface area contributed by atoms with Crippen LogP contribution < -0.4 is 15.4 Å². The number of methoxy groups -OCH3 is 1. The molecule has 1 saturated heterocycles. The first kappa shape index (κ1) is 23.9. The van der Waals surface area contributed by atoms with Crippen molar-refractivity contribution in [1.82, 2.24) is 10.2 Å². The van der Waals surface area contributed by atoms with Crippen molar-refractivity contribution in [2.75, 3.05) is 12.4 Å². The second-order valence-corrected chi connectivity index (χ2v) is 8.55. The lowest BCUT2D eigenvalue weighted by Gasteiger charge is -2.25. The van der Waals surface area contributed by atoms with Crippen molar-refractivity contribution in [1.29, 1.82) is 0 Å². The lowest BCUT2D eigenvalue weighted by molar-refractivity contribution is -0.134. The van der Waals surface area contributed by atoms with Gasteiger partial charge in [0.1, 0.15) is 23.7 Å². The molecule has 1 aliphatic rings. The number of benzene rings is 3. The monoisotopic (exact) mass is 475 g/mol. The van der Waals surface area contributed by atoms with Gasteiger partial charge in [-0.3, -0.25) is 9.59 Å². The third kappa shape index (κ3) is 5.16. The van der Waals surface area contributed by atoms with Crippen molar-refractivity contribution in [3.05, 3.63) is 94.8 Å². The molecule has 0 spiro atoms. The normalized spacial score (nSPS) is 16.1. The number of carbonyl (C=O) groups excluding carboxylic acids is 3. The fraction of sp³-hybridized carbons (Fsp3) is 0.222. The average molecular weight is 476 g/mol. The molecule has 1 heterocycles. The average Bonchev–Trinajstić information content (AvgIpc) is 3.13. The summed E-state index contributed by atoms with van der Waals surface area (Å²) in [5, 5.41) is 5.22. The van der Waals surface area contributed by atoms with Crippen molar-refractivity contribution in [2.45, 2.75) is 32.4 Å². The van der Waals surface area contributed by atoms with E-state index in [-0.39, 0.29) is 12.1 Å². The molecule has 35 heavy (non-hydrogen) atoms. The van der Waals surface area contributed by atoms with Gasteiger partial charge in [-0.05, 0) is 54.8 Å². The van der Waals surface area contributed by atoms with Gasteiger partial charge in [-0.1, -0.05) is 48.0 Å². The van der Waals surface area contributed by atoms with Gasteiger partial charge in [0.25, 0.3) is 5.91 Å². The van der Waals surface area contributed by atoms with E-state index in [4.69, 9.17) is 4.74 Å². The molecule has 1 unspecified atom stereocenters. The van der Waals surface area contributed by atoms with Gasteiger partial charge in [-0.25, -0.2) is 14.1 Å². The fourth-order valence-electron chi connectivity index (χ4n) is 4.11. The summed E-state index contributed by atoms with van der Waals surface area (Å²) in [6.45, 7) is 3.65. The summed E-state index contributed by atoms with van der Waals surface area (Å²) in [7, 11) is 1.53. The molecule has 4 rings (SSSR count). The molecule has 2 N–H and O–H groups in total. The predicted molar refractivity (Wildman–Crippen MR) is 130 cm³/mol. The number of anilines is 1. The summed E-state index contributed by atoms with van der Waals surface area (Å²) < 4.78 is 19.6. The number of urea groups is 1. The first-order chi connectivity index (χ1) is 16.8. The summed E-state index contributed by atoms with van der Waals surface area (Å²) in [4.78, 5) is 40.7. The zero-order valence-electron chi connectivity index (χ0n) is 19.7. The van der Waals surface area contributed by atoms with E-state index in [0.29, 0.717) is 16.9 Å². The molecule has 1 aliphatic heterocycles. The van der Waals surface area contributed by atoms with Gasteiger partial charge in [0.05, 0.1) is 12.8 Å². The van der Waals surface area contributed by atoms with E-state index in [2.05, 4.69) is 10.6 Å². The summed E-state index contributed by atoms with van der Waals surface area (Å²) >= 11 is 0. The third-order valence-corrected chi connectivity index (χ3v) is 5.93. The van der Waals surface area contributed by atoms with E-state index in [1.165, 1.54) is 19.2 Å². The highest BCUT2D eigenvalue weighted by atomic mass is 19.1. The number of carbonyl (C=O) groups is 3. The minimum Gasteiger partial charge on any atom is -0.497 e. The van der Waals surface area contributed by atoms with E-state index < -0.39 is 35.7 Å². The van der Waals surface area contributed by atoms with Gasteiger partial charge in [-0.2, -0.15) is 0 Å². The third-order valence-electron chi connectivity index (χ3n) is 5.93. The van der Waals surface area contributed by atoms with Crippen LogP contribution in [0.3, 0.4) is 0 Å². The molecule has 7 nitrogen and oxygen atoms in total. The van der Waals surface area contributed by atoms with Crippen LogP contribution in [0.25, 0.3) is 0 Å². The van der Waals surface area contributed by atoms with Gasteiger partial charge >= 0.3 is 6.03 Å². The molecule has 180 valence electrons. The molecule has 0 saturated carbocycles. The quantitative estimate of drug-likeness (QED) is 0.499. The highest BCUT2D eigenvalue weighted by Gasteiger charge is 2.45. The second kappa shape index (κ2) is 9.97. The second-order valence-electron chi connectivity index (χ2n) is 8.55. The van der Waals surface area contributed by atoms with Crippen LogP contribution in [0.4, 0.5) is 14.9 Å². The van der Waals surface area contributed by atoms with E-state index in [1.54, 1.807) is 37.3 Å². The van der Waals surface area contributed by atoms with Gasteiger partial charge in [0.2, 0.25) is 5.91 Å². The molecule has 1 fully saturated rings. The van der Waals surface area contributed by atoms with Gasteiger partial charge in [0, 0.05) is 6.42 Å². The summed E-state index contributed by atoms with van der Waals surface area (Å²) in [5.41, 5.74) is 2.98. The number of rotatable bonds is 7. The zero-order chi connectivity index (χ0) is 25.1. The van der Waals surface area contributed by atoms with E-state index in [9.17, 15) is 18.8 Å². The molecule has 0 radical (unpaired) electrons. The maximum absolute atomic E-state index is 14.4. The van der Waals surface area contributed by atoms with Crippen LogP contribution in [0.15, 0.2) is 66.7 Å². The fourth-order valence-corrected chi connectivity index (χ4v) is 4.11. The first-order valence-corrected chi connectivity index (χ1v) is 11.2. The predicted octanol–water partition coefficient (Wildman–Crippen LogP) is 4.29. The highest BCUT2D eigenvalue weighted by molar-refractivity contribution is 6.09. The number of aryl methyl sites for hydroxylation is 2. The number of amides is 4. The van der Waals surface area contributed by atoms with Crippen molar-refractivity contribution in [3.63, 3.8) is 0 Å². The Bertz CT molecular complexity index is 1280. The van der Waals surface area contributed by atoms with Crippen LogP contribution in [-0.2, 0) is 16.0 Å². The SMILES string of the molecule is COc1ccc([C@H]2NC(=O)N(C(Cc3cccc(C)c3)C(=O)Nc3ccc(C)cc3F)C2=O)cc1. The Hall–Kier alpha value is -4.20. The maximum atomic E-state index is 14.4. The van der Waals surface area contributed by atoms with Crippen molar-refractivity contribution in [2.24, 2.45) is 0 Å². The number of nitrogens with zero attached hydrogens (tertiary/aromatic N) is 1. The van der Waals surface area contributed by atoms with Gasteiger partial charge in [-0.15, -0.1) is 0 Å². The van der Waals surface area contributed by atoms with Crippen molar-refractivity contribution < 1.29 is 23.5 Å². The standard InChI is InChI=1S/C27H26FN3O4/c1-16-5-4-6-18(13-16)15-23(25(32)29-22-12-7-17(2)14-21(22)28)31-26(33)24(30-27(31)34)19-8-10-20(35-3)11-9-19/h4-14,23-24H,15H2,1-3H3,(H,29,32)(H,30,34)/t23?,24-/m1/s1. The zero-order valence-corrected chi connectivity index (χ0v) is 19.7. The van der Waals surface area contributed by atoms with Gasteiger partial charge < -0.3 is 15.4 Å². The Morgan fingerprint density at radius 2 is 1.77 bits per heavy atom. The number of ether oxygens (including phenoxy) is 1. The molecular weight excluding hydrogens is 449 g/mol. The topological polar surface area (TPSA) is 87.7 Å². The van der Waals surface area contributed by atoms with E-state index in [1.807, 2.05) is 31.2 Å². The Balaban J connectivity index is 1.65. The van der Waals surface area contributed by atoms with Crippen LogP contribution in [-0.4, -0.2) is 35.9 Å². The highest BCUT2D eigenvalue weighted by Crippen LogP contribution is 2.27. The van der Waals surface area contributed by atoms with Crippen LogP contribution in [0.2, 0.25) is 0 Å². The molecular formula is C27H26FN3O4. The molecule has 3 aromatic carbocycles. The van der Waals surface area contributed by atoms with E-state index >= 15 is 0 Å². The molecule has 8 heteroatoms. The lowest BCUT2D eigenvalue weighted by Crippen LogP contribution is -2.49. The summed E-state index contributed by atoms with van der Waals surface area (Å²) in [6.07, 6.45) is 0.0789. The minimum atomic E-state index is -1.19. The van der Waals surface area contributed by atoms with Crippen LogP contribution in [0.5, 0.6) is 5.75 Å². The number of hydrogen-bond acceptors (Lipinski definition) is 4.